The number of nitrogens with one attached hydrogen (secondary N) is 1. The molecule has 33 heavy (non-hydrogen) atoms. The average molecular weight is 469 g/mol. The molecule has 0 spiro atoms. The molecule has 3 aromatic rings. The number of likely N-dealkylation sites (tertiary alicyclic amines) is 1. The number of imidazole rings is 1. The Morgan fingerprint density at radius 1 is 1.12 bits per heavy atom. The van der Waals surface area contributed by atoms with Crippen LogP contribution in [-0.4, -0.2) is 49.0 Å². The summed E-state index contributed by atoms with van der Waals surface area (Å²) in [6.45, 7) is 3.32. The Kier molecular flexibility index (Phi) is 6.80. The highest BCUT2D eigenvalue weighted by molar-refractivity contribution is 7.89. The number of sulfonamides is 1. The molecule has 174 valence electrons. The number of hydrogen-bond donors (Lipinski definition) is 1. The zero-order valence-electron chi connectivity index (χ0n) is 18.8. The second-order valence-corrected chi connectivity index (χ2v) is 9.78. The molecule has 4 rings (SSSR count). The Labute approximate surface area is 194 Å². The molecule has 0 unspecified atom stereocenters. The van der Waals surface area contributed by atoms with Crippen LogP contribution in [0, 0.1) is 6.92 Å². The Morgan fingerprint density at radius 3 is 2.58 bits per heavy atom. The van der Waals surface area contributed by atoms with Crippen molar-refractivity contribution in [3.8, 4) is 11.4 Å². The molecule has 1 N–H and O–H groups in total. The van der Waals surface area contributed by atoms with E-state index in [4.69, 9.17) is 4.74 Å². The maximum Gasteiger partial charge on any atom is 0.257 e. The van der Waals surface area contributed by atoms with Gasteiger partial charge in [-0.1, -0.05) is 18.2 Å². The molecule has 0 radical (unpaired) electrons. The summed E-state index contributed by atoms with van der Waals surface area (Å²) in [4.78, 5) is 19.1. The molecule has 2 aromatic carbocycles. The molecule has 8 nitrogen and oxygen atoms in total. The van der Waals surface area contributed by atoms with Crippen LogP contribution in [0.4, 0.5) is 0 Å². The van der Waals surface area contributed by atoms with Crippen LogP contribution in [0.3, 0.4) is 0 Å². The van der Waals surface area contributed by atoms with Crippen LogP contribution in [0.1, 0.15) is 41.0 Å². The SMILES string of the molecule is COc1ccc(S(=O)(=O)NCc2ccccc2-n2ccnc2C)cc1C(=O)N1CCCCC1. The van der Waals surface area contributed by atoms with E-state index >= 15 is 0 Å². The second-order valence-electron chi connectivity index (χ2n) is 8.01. The number of hydrogen-bond acceptors (Lipinski definition) is 5. The van der Waals surface area contributed by atoms with Crippen molar-refractivity contribution in [3.05, 3.63) is 71.8 Å². The molecule has 1 aliphatic heterocycles. The van der Waals surface area contributed by atoms with Gasteiger partial charge in [0, 0.05) is 32.0 Å². The van der Waals surface area contributed by atoms with Crippen molar-refractivity contribution < 1.29 is 17.9 Å². The van der Waals surface area contributed by atoms with Gasteiger partial charge in [-0.05, 0) is 56.0 Å². The molecule has 0 bridgehead atoms. The van der Waals surface area contributed by atoms with E-state index in [0.29, 0.717) is 18.8 Å². The fourth-order valence-electron chi connectivity index (χ4n) is 4.07. The summed E-state index contributed by atoms with van der Waals surface area (Å²) in [6.07, 6.45) is 6.53. The summed E-state index contributed by atoms with van der Waals surface area (Å²) in [7, 11) is -2.39. The van der Waals surface area contributed by atoms with Crippen molar-refractivity contribution in [3.63, 3.8) is 0 Å². The Morgan fingerprint density at radius 2 is 1.88 bits per heavy atom. The highest BCUT2D eigenvalue weighted by Crippen LogP contribution is 2.26. The minimum Gasteiger partial charge on any atom is -0.496 e. The molecule has 2 heterocycles. The molecule has 0 aliphatic carbocycles. The fraction of sp³-hybridized carbons (Fsp3) is 0.333. The van der Waals surface area contributed by atoms with Crippen LogP contribution in [0.15, 0.2) is 59.8 Å². The summed E-state index contributed by atoms with van der Waals surface area (Å²) in [5.74, 6) is 0.969. The van der Waals surface area contributed by atoms with Crippen molar-refractivity contribution in [1.82, 2.24) is 19.2 Å². The van der Waals surface area contributed by atoms with Crippen molar-refractivity contribution in [2.24, 2.45) is 0 Å². The molecule has 1 amide bonds. The zero-order valence-corrected chi connectivity index (χ0v) is 19.6. The molecular weight excluding hydrogens is 440 g/mol. The average Bonchev–Trinajstić information content (AvgIpc) is 3.28. The van der Waals surface area contributed by atoms with Gasteiger partial charge in [-0.25, -0.2) is 18.1 Å². The zero-order chi connectivity index (χ0) is 23.4. The largest absolute Gasteiger partial charge is 0.496 e. The number of carbonyl (C=O) groups excluding carboxylic acids is 1. The number of ether oxygens (including phenoxy) is 1. The quantitative estimate of drug-likeness (QED) is 0.574. The number of nitrogens with zero attached hydrogens (tertiary/aromatic N) is 3. The first kappa shape index (κ1) is 23.0. The van der Waals surface area contributed by atoms with E-state index in [1.807, 2.05) is 42.0 Å². The first-order valence-corrected chi connectivity index (χ1v) is 12.4. The smallest absolute Gasteiger partial charge is 0.257 e. The van der Waals surface area contributed by atoms with Gasteiger partial charge in [0.15, 0.2) is 0 Å². The van der Waals surface area contributed by atoms with E-state index in [1.54, 1.807) is 11.1 Å². The van der Waals surface area contributed by atoms with Gasteiger partial charge in [0.05, 0.1) is 23.3 Å². The summed E-state index contributed by atoms with van der Waals surface area (Å²) < 4.78 is 36.2. The van der Waals surface area contributed by atoms with Gasteiger partial charge in [-0.3, -0.25) is 4.79 Å². The van der Waals surface area contributed by atoms with Gasteiger partial charge < -0.3 is 14.2 Å². The topological polar surface area (TPSA) is 93.5 Å². The lowest BCUT2D eigenvalue weighted by Crippen LogP contribution is -2.36. The number of carbonyl (C=O) groups is 1. The van der Waals surface area contributed by atoms with Gasteiger partial charge in [-0.2, -0.15) is 0 Å². The number of aromatic nitrogens is 2. The maximum atomic E-state index is 13.1. The van der Waals surface area contributed by atoms with Crippen LogP contribution >= 0.6 is 0 Å². The minimum absolute atomic E-state index is 0.0277. The lowest BCUT2D eigenvalue weighted by molar-refractivity contribution is 0.0720. The number of aryl methyl sites for hydroxylation is 1. The van der Waals surface area contributed by atoms with Crippen LogP contribution in [0.25, 0.3) is 5.69 Å². The van der Waals surface area contributed by atoms with Gasteiger partial charge in [0.1, 0.15) is 11.6 Å². The molecule has 1 fully saturated rings. The predicted octanol–water partition coefficient (Wildman–Crippen LogP) is 3.29. The van der Waals surface area contributed by atoms with Crippen LogP contribution in [0.5, 0.6) is 5.75 Å². The van der Waals surface area contributed by atoms with Crippen LogP contribution in [0.2, 0.25) is 0 Å². The van der Waals surface area contributed by atoms with Crippen molar-refractivity contribution >= 4 is 15.9 Å². The van der Waals surface area contributed by atoms with Gasteiger partial charge in [0.25, 0.3) is 5.91 Å². The fourth-order valence-corrected chi connectivity index (χ4v) is 5.11. The first-order valence-electron chi connectivity index (χ1n) is 11.0. The number of amides is 1. The third kappa shape index (κ3) is 4.94. The van der Waals surface area contributed by atoms with Gasteiger partial charge >= 0.3 is 0 Å². The monoisotopic (exact) mass is 468 g/mol. The Bertz CT molecular complexity index is 1250. The number of benzene rings is 2. The third-order valence-corrected chi connectivity index (χ3v) is 7.28. The van der Waals surface area contributed by atoms with Crippen LogP contribution in [-0.2, 0) is 16.6 Å². The molecule has 1 aliphatic rings. The van der Waals surface area contributed by atoms with E-state index in [0.717, 1.165) is 36.3 Å². The first-order chi connectivity index (χ1) is 15.9. The van der Waals surface area contributed by atoms with Gasteiger partial charge in [0.2, 0.25) is 10.0 Å². The highest BCUT2D eigenvalue weighted by Gasteiger charge is 2.24. The number of rotatable bonds is 7. The summed E-state index contributed by atoms with van der Waals surface area (Å²) in [5.41, 5.74) is 1.92. The Hall–Kier alpha value is -3.17. The van der Waals surface area contributed by atoms with E-state index in [-0.39, 0.29) is 22.9 Å². The normalized spacial score (nSPS) is 14.3. The van der Waals surface area contributed by atoms with Crippen molar-refractivity contribution in [2.75, 3.05) is 20.2 Å². The standard InChI is InChI=1S/C24H28N4O4S/c1-18-25-12-15-28(18)22-9-5-4-8-19(22)17-26-33(30,31)20-10-11-23(32-2)21(16-20)24(29)27-13-6-3-7-14-27/h4-5,8-12,15-16,26H,3,6-7,13-14,17H2,1-2H3. The molecule has 1 saturated heterocycles. The number of piperidine rings is 1. The summed E-state index contributed by atoms with van der Waals surface area (Å²) in [5, 5.41) is 0. The van der Waals surface area contributed by atoms with Crippen molar-refractivity contribution in [2.45, 2.75) is 37.6 Å². The number of para-hydroxylation sites is 1. The summed E-state index contributed by atoms with van der Waals surface area (Å²) in [6, 6.07) is 12.0. The lowest BCUT2D eigenvalue weighted by atomic mass is 10.1. The minimum atomic E-state index is -3.87. The lowest BCUT2D eigenvalue weighted by Gasteiger charge is -2.27. The molecule has 0 atom stereocenters. The molecule has 9 heteroatoms. The van der Waals surface area contributed by atoms with E-state index < -0.39 is 10.0 Å². The maximum absolute atomic E-state index is 13.1. The van der Waals surface area contributed by atoms with E-state index in [2.05, 4.69) is 9.71 Å². The Balaban J connectivity index is 1.58. The third-order valence-electron chi connectivity index (χ3n) is 5.88. The van der Waals surface area contributed by atoms with Crippen LogP contribution < -0.4 is 9.46 Å². The molecule has 0 saturated carbocycles. The van der Waals surface area contributed by atoms with Crippen molar-refractivity contribution in [1.29, 1.82) is 0 Å². The van der Waals surface area contributed by atoms with Gasteiger partial charge in [-0.15, -0.1) is 0 Å². The summed E-state index contributed by atoms with van der Waals surface area (Å²) >= 11 is 0. The predicted molar refractivity (Wildman–Crippen MR) is 125 cm³/mol. The van der Waals surface area contributed by atoms with E-state index in [9.17, 15) is 13.2 Å². The van der Waals surface area contributed by atoms with E-state index in [1.165, 1.54) is 25.3 Å². The highest BCUT2D eigenvalue weighted by atomic mass is 32.2. The second kappa shape index (κ2) is 9.76. The molecular formula is C24H28N4O4S. The molecule has 1 aromatic heterocycles. The number of methoxy groups -OCH3 is 1.